The lowest BCUT2D eigenvalue weighted by Crippen LogP contribution is -2.23. The Morgan fingerprint density at radius 3 is 3.00 bits per heavy atom. The van der Waals surface area contributed by atoms with Gasteiger partial charge in [0.15, 0.2) is 0 Å². The molecule has 1 unspecified atom stereocenters. The lowest BCUT2D eigenvalue weighted by atomic mass is 10.1. The number of nitro benzene ring substituents is 1. The van der Waals surface area contributed by atoms with Gasteiger partial charge < -0.3 is 5.32 Å². The summed E-state index contributed by atoms with van der Waals surface area (Å²) in [4.78, 5) is 10.7. The zero-order valence-corrected chi connectivity index (χ0v) is 11.9. The monoisotopic (exact) mass is 284 g/mol. The summed E-state index contributed by atoms with van der Waals surface area (Å²) in [6.07, 6.45) is 0. The topological polar surface area (TPSA) is 55.2 Å². The fraction of sp³-hybridized carbons (Fsp3) is 0.500. The number of nitro groups is 1. The second kappa shape index (κ2) is 6.33. The summed E-state index contributed by atoms with van der Waals surface area (Å²) in [7, 11) is 0. The molecule has 0 saturated carbocycles. The standard InChI is InChI=1S/C12H16N2O2S2/c1-9-3-2-4-11(12(9)14(15)16)13-7-10-8-17-5-6-18-10/h2-4,10,13H,5-8H2,1H3. The molecule has 6 heteroatoms. The zero-order valence-electron chi connectivity index (χ0n) is 10.2. The lowest BCUT2D eigenvalue weighted by Gasteiger charge is -2.21. The molecule has 18 heavy (non-hydrogen) atoms. The summed E-state index contributed by atoms with van der Waals surface area (Å²) in [5.41, 5.74) is 1.54. The molecular weight excluding hydrogens is 268 g/mol. The Kier molecular flexibility index (Phi) is 4.77. The average molecular weight is 284 g/mol. The molecular formula is C12H16N2O2S2. The predicted octanol–water partition coefficient (Wildman–Crippen LogP) is 3.16. The highest BCUT2D eigenvalue weighted by atomic mass is 32.2. The molecule has 1 aromatic carbocycles. The van der Waals surface area contributed by atoms with E-state index >= 15 is 0 Å². The smallest absolute Gasteiger partial charge is 0.295 e. The van der Waals surface area contributed by atoms with E-state index < -0.39 is 0 Å². The van der Waals surface area contributed by atoms with E-state index in [-0.39, 0.29) is 10.6 Å². The number of para-hydroxylation sites is 1. The number of nitrogens with one attached hydrogen (secondary N) is 1. The highest BCUT2D eigenvalue weighted by molar-refractivity contribution is 8.06. The van der Waals surface area contributed by atoms with Gasteiger partial charge in [-0.05, 0) is 13.0 Å². The first-order valence-corrected chi connectivity index (χ1v) is 8.06. The third kappa shape index (κ3) is 3.32. The van der Waals surface area contributed by atoms with Crippen LogP contribution in [0.5, 0.6) is 0 Å². The quantitative estimate of drug-likeness (QED) is 0.680. The normalized spacial score (nSPS) is 19.5. The van der Waals surface area contributed by atoms with Crippen LogP contribution in [0, 0.1) is 17.0 Å². The van der Waals surface area contributed by atoms with Crippen LogP contribution < -0.4 is 5.32 Å². The number of hydrogen-bond donors (Lipinski definition) is 1. The summed E-state index contributed by atoms with van der Waals surface area (Å²) in [6, 6.07) is 5.41. The molecule has 1 heterocycles. The van der Waals surface area contributed by atoms with Crippen molar-refractivity contribution in [3.05, 3.63) is 33.9 Å². The number of rotatable bonds is 4. The molecule has 4 nitrogen and oxygen atoms in total. The van der Waals surface area contributed by atoms with Crippen molar-refractivity contribution in [1.29, 1.82) is 0 Å². The van der Waals surface area contributed by atoms with Gasteiger partial charge in [0.1, 0.15) is 5.69 Å². The predicted molar refractivity (Wildman–Crippen MR) is 79.9 cm³/mol. The van der Waals surface area contributed by atoms with Crippen LogP contribution >= 0.6 is 23.5 Å². The second-order valence-corrected chi connectivity index (χ2v) is 6.73. The molecule has 0 spiro atoms. The van der Waals surface area contributed by atoms with E-state index in [2.05, 4.69) is 5.32 Å². The van der Waals surface area contributed by atoms with Crippen molar-refractivity contribution in [2.24, 2.45) is 0 Å². The van der Waals surface area contributed by atoms with Crippen LogP contribution in [0.25, 0.3) is 0 Å². The number of hydrogen-bond acceptors (Lipinski definition) is 5. The Morgan fingerprint density at radius 2 is 2.33 bits per heavy atom. The van der Waals surface area contributed by atoms with Crippen LogP contribution in [0.1, 0.15) is 5.56 Å². The Hall–Kier alpha value is -0.880. The van der Waals surface area contributed by atoms with Gasteiger partial charge in [-0.25, -0.2) is 0 Å². The van der Waals surface area contributed by atoms with Gasteiger partial charge in [0.2, 0.25) is 0 Å². The average Bonchev–Trinajstić information content (AvgIpc) is 2.37. The Morgan fingerprint density at radius 1 is 1.50 bits per heavy atom. The van der Waals surface area contributed by atoms with Crippen LogP contribution in [-0.4, -0.2) is 34.0 Å². The van der Waals surface area contributed by atoms with Gasteiger partial charge >= 0.3 is 0 Å². The fourth-order valence-electron chi connectivity index (χ4n) is 1.92. The van der Waals surface area contributed by atoms with E-state index in [1.165, 1.54) is 11.5 Å². The molecule has 1 aliphatic rings. The zero-order chi connectivity index (χ0) is 13.0. The second-order valence-electron chi connectivity index (χ2n) is 4.18. The van der Waals surface area contributed by atoms with Gasteiger partial charge in [-0.1, -0.05) is 12.1 Å². The van der Waals surface area contributed by atoms with E-state index in [0.29, 0.717) is 16.5 Å². The molecule has 0 aliphatic carbocycles. The molecule has 1 aromatic rings. The van der Waals surface area contributed by atoms with Crippen LogP contribution in [-0.2, 0) is 0 Å². The summed E-state index contributed by atoms with van der Waals surface area (Å²) in [5, 5.41) is 14.8. The minimum absolute atomic E-state index is 0.200. The highest BCUT2D eigenvalue weighted by Gasteiger charge is 2.19. The van der Waals surface area contributed by atoms with E-state index in [1.54, 1.807) is 19.1 Å². The molecule has 98 valence electrons. The van der Waals surface area contributed by atoms with Crippen molar-refractivity contribution in [2.45, 2.75) is 12.2 Å². The molecule has 1 saturated heterocycles. The minimum atomic E-state index is -0.305. The molecule has 2 rings (SSSR count). The third-order valence-electron chi connectivity index (χ3n) is 2.83. The first kappa shape index (κ1) is 13.5. The van der Waals surface area contributed by atoms with E-state index in [4.69, 9.17) is 0 Å². The number of nitrogens with zero attached hydrogens (tertiary/aromatic N) is 1. The van der Waals surface area contributed by atoms with Gasteiger partial charge in [-0.2, -0.15) is 23.5 Å². The van der Waals surface area contributed by atoms with Crippen molar-refractivity contribution in [2.75, 3.05) is 29.1 Å². The maximum absolute atomic E-state index is 11.0. The van der Waals surface area contributed by atoms with Crippen LogP contribution in [0.3, 0.4) is 0 Å². The molecule has 1 atom stereocenters. The minimum Gasteiger partial charge on any atom is -0.378 e. The van der Waals surface area contributed by atoms with Crippen molar-refractivity contribution >= 4 is 34.9 Å². The van der Waals surface area contributed by atoms with Crippen molar-refractivity contribution < 1.29 is 4.92 Å². The van der Waals surface area contributed by atoms with Gasteiger partial charge in [-0.3, -0.25) is 10.1 Å². The maximum Gasteiger partial charge on any atom is 0.295 e. The van der Waals surface area contributed by atoms with E-state index in [9.17, 15) is 10.1 Å². The van der Waals surface area contributed by atoms with Crippen molar-refractivity contribution in [3.8, 4) is 0 Å². The summed E-state index contributed by atoms with van der Waals surface area (Å²) >= 11 is 3.90. The van der Waals surface area contributed by atoms with Crippen LogP contribution in [0.2, 0.25) is 0 Å². The van der Waals surface area contributed by atoms with Gasteiger partial charge in [0, 0.05) is 34.6 Å². The third-order valence-corrected chi connectivity index (χ3v) is 5.67. The molecule has 0 bridgehead atoms. The molecule has 0 radical (unpaired) electrons. The molecule has 1 N–H and O–H groups in total. The Balaban J connectivity index is 2.04. The number of benzene rings is 1. The molecule has 1 aliphatic heterocycles. The van der Waals surface area contributed by atoms with Gasteiger partial charge in [-0.15, -0.1) is 0 Å². The van der Waals surface area contributed by atoms with Crippen LogP contribution in [0.15, 0.2) is 18.2 Å². The maximum atomic E-state index is 11.0. The number of thioether (sulfide) groups is 2. The highest BCUT2D eigenvalue weighted by Crippen LogP contribution is 2.29. The molecule has 0 amide bonds. The number of aryl methyl sites for hydroxylation is 1. The van der Waals surface area contributed by atoms with E-state index in [1.807, 2.05) is 29.6 Å². The van der Waals surface area contributed by atoms with Crippen molar-refractivity contribution in [1.82, 2.24) is 0 Å². The van der Waals surface area contributed by atoms with Crippen molar-refractivity contribution in [3.63, 3.8) is 0 Å². The van der Waals surface area contributed by atoms with Crippen LogP contribution in [0.4, 0.5) is 11.4 Å². The Bertz CT molecular complexity index is 434. The summed E-state index contributed by atoms with van der Waals surface area (Å²) < 4.78 is 0. The summed E-state index contributed by atoms with van der Waals surface area (Å²) in [5.74, 6) is 3.51. The molecule has 1 fully saturated rings. The summed E-state index contributed by atoms with van der Waals surface area (Å²) in [6.45, 7) is 2.57. The first-order chi connectivity index (χ1) is 8.68. The SMILES string of the molecule is Cc1cccc(NCC2CSCCS2)c1[N+](=O)[O-]. The number of anilines is 1. The van der Waals surface area contributed by atoms with Gasteiger partial charge in [0.25, 0.3) is 5.69 Å². The van der Waals surface area contributed by atoms with E-state index in [0.717, 1.165) is 12.3 Å². The fourth-order valence-corrected chi connectivity index (χ4v) is 4.53. The Labute approximate surface area is 115 Å². The first-order valence-electron chi connectivity index (χ1n) is 5.85. The van der Waals surface area contributed by atoms with Gasteiger partial charge in [0.05, 0.1) is 4.92 Å². The largest absolute Gasteiger partial charge is 0.378 e. The lowest BCUT2D eigenvalue weighted by molar-refractivity contribution is -0.384. The molecule has 0 aromatic heterocycles.